The van der Waals surface area contributed by atoms with Gasteiger partial charge in [0, 0.05) is 11.4 Å². The maximum atomic E-state index is 13.7. The fraction of sp³-hybridized carbons (Fsp3) is 0.125. The molecule has 2 N–H and O–H groups in total. The average molecular weight is 421 g/mol. The molecule has 0 amide bonds. The van der Waals surface area contributed by atoms with Gasteiger partial charge in [0.15, 0.2) is 11.3 Å². The molecule has 0 unspecified atom stereocenters. The van der Waals surface area contributed by atoms with Crippen molar-refractivity contribution in [1.82, 2.24) is 24.7 Å². The first-order valence-electron chi connectivity index (χ1n) is 10.1. The van der Waals surface area contributed by atoms with Gasteiger partial charge in [-0.15, -0.1) is 0 Å². The third kappa shape index (κ3) is 3.08. The third-order valence-electron chi connectivity index (χ3n) is 5.56. The van der Waals surface area contributed by atoms with Crippen molar-refractivity contribution in [3.05, 3.63) is 88.2 Å². The number of hydrogen-bond acceptors (Lipinski definition) is 6. The summed E-state index contributed by atoms with van der Waals surface area (Å²) in [7, 11) is 0. The minimum atomic E-state index is -0.313. The SMILES string of the molecule is Cc1cccc2cc([C@H](C)Nc3ncnc4[nH]nc(C#N)c34)n(-c3ccccc3)c(=O)c12. The van der Waals surface area contributed by atoms with E-state index in [2.05, 4.69) is 31.6 Å². The summed E-state index contributed by atoms with van der Waals surface area (Å²) in [6, 6.07) is 19.2. The molecule has 0 saturated carbocycles. The molecule has 3 aromatic heterocycles. The van der Waals surface area contributed by atoms with Crippen LogP contribution in [0.25, 0.3) is 27.5 Å². The second-order valence-corrected chi connectivity index (χ2v) is 7.58. The molecule has 3 heterocycles. The lowest BCUT2D eigenvalue weighted by atomic mass is 10.0. The zero-order valence-electron chi connectivity index (χ0n) is 17.5. The molecule has 2 aromatic carbocycles. The van der Waals surface area contributed by atoms with Gasteiger partial charge in [-0.3, -0.25) is 14.5 Å². The molecule has 8 nitrogen and oxygen atoms in total. The number of anilines is 1. The first-order chi connectivity index (χ1) is 15.6. The fourth-order valence-electron chi connectivity index (χ4n) is 4.05. The Morgan fingerprint density at radius 3 is 2.69 bits per heavy atom. The highest BCUT2D eigenvalue weighted by molar-refractivity contribution is 5.91. The van der Waals surface area contributed by atoms with Crippen LogP contribution in [0.4, 0.5) is 5.82 Å². The molecule has 0 radical (unpaired) electrons. The number of nitriles is 1. The smallest absolute Gasteiger partial charge is 0.263 e. The van der Waals surface area contributed by atoms with E-state index < -0.39 is 0 Å². The number of hydrogen-bond donors (Lipinski definition) is 2. The number of aryl methyl sites for hydroxylation is 1. The molecule has 0 aliphatic carbocycles. The van der Waals surface area contributed by atoms with Crippen molar-refractivity contribution in [3.63, 3.8) is 0 Å². The average Bonchev–Trinajstić information content (AvgIpc) is 3.24. The summed E-state index contributed by atoms with van der Waals surface area (Å²) in [4.78, 5) is 22.1. The standard InChI is InChI=1S/C24H19N7O/c1-14-7-6-8-16-11-19(31(24(32)20(14)16)17-9-4-3-5-10-17)15(2)28-22-21-18(12-25)29-30-23(21)27-13-26-22/h3-11,13,15H,1-2H3,(H2,26,27,28,29,30)/t15-/m0/s1. The Morgan fingerprint density at radius 2 is 1.91 bits per heavy atom. The van der Waals surface area contributed by atoms with Crippen LogP contribution in [0, 0.1) is 18.3 Å². The lowest BCUT2D eigenvalue weighted by Crippen LogP contribution is -2.26. The second kappa shape index (κ2) is 7.63. The molecule has 5 rings (SSSR count). The molecule has 156 valence electrons. The van der Waals surface area contributed by atoms with Crippen LogP contribution in [0.1, 0.15) is 29.9 Å². The lowest BCUT2D eigenvalue weighted by molar-refractivity contribution is 0.774. The van der Waals surface area contributed by atoms with E-state index in [4.69, 9.17) is 0 Å². The number of aromatic nitrogens is 5. The molecular weight excluding hydrogens is 402 g/mol. The monoisotopic (exact) mass is 421 g/mol. The first-order valence-corrected chi connectivity index (χ1v) is 10.1. The number of para-hydroxylation sites is 1. The maximum absolute atomic E-state index is 13.7. The van der Waals surface area contributed by atoms with Crippen molar-refractivity contribution in [2.45, 2.75) is 19.9 Å². The number of benzene rings is 2. The second-order valence-electron chi connectivity index (χ2n) is 7.58. The predicted octanol–water partition coefficient (Wildman–Crippen LogP) is 4.01. The van der Waals surface area contributed by atoms with Gasteiger partial charge in [-0.1, -0.05) is 36.4 Å². The molecule has 8 heteroatoms. The highest BCUT2D eigenvalue weighted by atomic mass is 16.1. The molecule has 0 spiro atoms. The normalized spacial score (nSPS) is 12.0. The molecular formula is C24H19N7O. The van der Waals surface area contributed by atoms with Crippen LogP contribution in [-0.2, 0) is 0 Å². The van der Waals surface area contributed by atoms with E-state index >= 15 is 0 Å². The van der Waals surface area contributed by atoms with Crippen LogP contribution in [0.2, 0.25) is 0 Å². The largest absolute Gasteiger partial charge is 0.361 e. The van der Waals surface area contributed by atoms with Gasteiger partial charge in [0.1, 0.15) is 18.2 Å². The molecule has 0 aliphatic rings. The molecule has 0 saturated heterocycles. The van der Waals surface area contributed by atoms with E-state index in [9.17, 15) is 10.1 Å². The van der Waals surface area contributed by atoms with E-state index in [0.29, 0.717) is 22.2 Å². The molecule has 1 atom stereocenters. The van der Waals surface area contributed by atoms with Gasteiger partial charge < -0.3 is 5.32 Å². The summed E-state index contributed by atoms with van der Waals surface area (Å²) in [5.41, 5.74) is 3.09. The van der Waals surface area contributed by atoms with Crippen molar-refractivity contribution < 1.29 is 0 Å². The van der Waals surface area contributed by atoms with E-state index in [-0.39, 0.29) is 17.3 Å². The minimum Gasteiger partial charge on any atom is -0.361 e. The summed E-state index contributed by atoms with van der Waals surface area (Å²) in [6.45, 7) is 3.90. The van der Waals surface area contributed by atoms with E-state index in [0.717, 1.165) is 22.3 Å². The zero-order chi connectivity index (χ0) is 22.2. The van der Waals surface area contributed by atoms with Gasteiger partial charge in [0.25, 0.3) is 5.56 Å². The number of pyridine rings is 1. The Bertz CT molecular complexity index is 1560. The number of nitrogens with zero attached hydrogens (tertiary/aromatic N) is 5. The molecule has 0 aliphatic heterocycles. The number of aromatic amines is 1. The molecule has 5 aromatic rings. The topological polar surface area (TPSA) is 112 Å². The highest BCUT2D eigenvalue weighted by Crippen LogP contribution is 2.28. The van der Waals surface area contributed by atoms with Gasteiger partial charge >= 0.3 is 0 Å². The van der Waals surface area contributed by atoms with Crippen molar-refractivity contribution in [3.8, 4) is 11.8 Å². The van der Waals surface area contributed by atoms with Crippen LogP contribution in [0.5, 0.6) is 0 Å². The van der Waals surface area contributed by atoms with Crippen molar-refractivity contribution >= 4 is 27.6 Å². The Labute approximate surface area is 183 Å². The molecule has 0 fully saturated rings. The van der Waals surface area contributed by atoms with Gasteiger partial charge in [0.05, 0.1) is 16.8 Å². The third-order valence-corrected chi connectivity index (χ3v) is 5.56. The zero-order valence-corrected chi connectivity index (χ0v) is 17.5. The summed E-state index contributed by atoms with van der Waals surface area (Å²) >= 11 is 0. The van der Waals surface area contributed by atoms with Crippen LogP contribution >= 0.6 is 0 Å². The summed E-state index contributed by atoms with van der Waals surface area (Å²) in [5.74, 6) is 0.476. The Kier molecular flexibility index (Phi) is 4.64. The van der Waals surface area contributed by atoms with Crippen LogP contribution in [0.15, 0.2) is 65.7 Å². The van der Waals surface area contributed by atoms with E-state index in [1.807, 2.05) is 68.4 Å². The number of H-pyrrole nitrogens is 1. The Hall–Kier alpha value is -4.51. The first kappa shape index (κ1) is 19.5. The quantitative estimate of drug-likeness (QED) is 0.453. The Morgan fingerprint density at radius 1 is 1.09 bits per heavy atom. The van der Waals surface area contributed by atoms with E-state index in [1.54, 1.807) is 4.57 Å². The highest BCUT2D eigenvalue weighted by Gasteiger charge is 2.20. The van der Waals surface area contributed by atoms with E-state index in [1.165, 1.54) is 6.33 Å². The molecule has 32 heavy (non-hydrogen) atoms. The van der Waals surface area contributed by atoms with Crippen molar-refractivity contribution in [2.75, 3.05) is 5.32 Å². The number of rotatable bonds is 4. The molecule has 0 bridgehead atoms. The van der Waals surface area contributed by atoms with Crippen LogP contribution in [-0.4, -0.2) is 24.7 Å². The van der Waals surface area contributed by atoms with Crippen molar-refractivity contribution in [1.29, 1.82) is 5.26 Å². The van der Waals surface area contributed by atoms with Gasteiger partial charge in [-0.25, -0.2) is 9.97 Å². The lowest BCUT2D eigenvalue weighted by Gasteiger charge is -2.22. The number of nitrogens with one attached hydrogen (secondary N) is 2. The Balaban J connectivity index is 1.71. The fourth-order valence-corrected chi connectivity index (χ4v) is 4.05. The van der Waals surface area contributed by atoms with Crippen LogP contribution in [0.3, 0.4) is 0 Å². The minimum absolute atomic E-state index is 0.0793. The number of fused-ring (bicyclic) bond motifs is 2. The van der Waals surface area contributed by atoms with Crippen molar-refractivity contribution in [2.24, 2.45) is 0 Å². The van der Waals surface area contributed by atoms with Crippen LogP contribution < -0.4 is 10.9 Å². The van der Waals surface area contributed by atoms with Gasteiger partial charge in [-0.2, -0.15) is 10.4 Å². The summed E-state index contributed by atoms with van der Waals surface area (Å²) < 4.78 is 1.73. The summed E-state index contributed by atoms with van der Waals surface area (Å²) in [6.07, 6.45) is 1.41. The van der Waals surface area contributed by atoms with Gasteiger partial charge in [0.2, 0.25) is 0 Å². The maximum Gasteiger partial charge on any atom is 0.263 e. The predicted molar refractivity (Wildman–Crippen MR) is 123 cm³/mol. The van der Waals surface area contributed by atoms with Gasteiger partial charge in [-0.05, 0) is 43.0 Å². The summed E-state index contributed by atoms with van der Waals surface area (Å²) in [5, 5.41) is 21.6.